The average molecular weight is 390 g/mol. The quantitative estimate of drug-likeness (QED) is 0.550. The van der Waals surface area contributed by atoms with Crippen molar-refractivity contribution in [2.24, 2.45) is 5.92 Å². The summed E-state index contributed by atoms with van der Waals surface area (Å²) in [6, 6.07) is 8.79. The van der Waals surface area contributed by atoms with Crippen molar-refractivity contribution in [2.75, 3.05) is 6.61 Å². The van der Waals surface area contributed by atoms with Gasteiger partial charge in [-0.3, -0.25) is 0 Å². The molecule has 0 saturated carbocycles. The van der Waals surface area contributed by atoms with Crippen LogP contribution in [0.5, 0.6) is 0 Å². The van der Waals surface area contributed by atoms with E-state index in [-0.39, 0.29) is 17.6 Å². The van der Waals surface area contributed by atoms with Gasteiger partial charge in [-0.25, -0.2) is 13.8 Å². The molecule has 0 spiro atoms. The van der Waals surface area contributed by atoms with Crippen LogP contribution in [-0.2, 0) is 4.74 Å². The lowest BCUT2D eigenvalue weighted by Gasteiger charge is -2.41. The molecule has 148 valence electrons. The summed E-state index contributed by atoms with van der Waals surface area (Å²) >= 11 is 0. The van der Waals surface area contributed by atoms with Gasteiger partial charge in [0.2, 0.25) is 0 Å². The third-order valence-electron chi connectivity index (χ3n) is 5.28. The molecule has 0 aliphatic carbocycles. The highest BCUT2D eigenvalue weighted by atomic mass is 19.1. The molecule has 1 fully saturated rings. The second-order valence-electron chi connectivity index (χ2n) is 7.11. The molecule has 8 heteroatoms. The van der Waals surface area contributed by atoms with Crippen molar-refractivity contribution in [3.63, 3.8) is 0 Å². The van der Waals surface area contributed by atoms with Gasteiger partial charge in [0.15, 0.2) is 5.82 Å². The second kappa shape index (κ2) is 7.21. The predicted molar refractivity (Wildman–Crippen MR) is 97.3 cm³/mol. The van der Waals surface area contributed by atoms with E-state index in [2.05, 4.69) is 9.97 Å². The van der Waals surface area contributed by atoms with E-state index in [1.165, 1.54) is 0 Å². The van der Waals surface area contributed by atoms with Gasteiger partial charge in [0.05, 0.1) is 24.3 Å². The van der Waals surface area contributed by atoms with Gasteiger partial charge in [-0.15, -0.1) is 0 Å². The lowest BCUT2D eigenvalue weighted by molar-refractivity contribution is -0.206. The number of aliphatic hydroxyl groups excluding tert-OH is 3. The lowest BCUT2D eigenvalue weighted by Crippen LogP contribution is -2.50. The summed E-state index contributed by atoms with van der Waals surface area (Å²) in [5, 5.41) is 30.2. The standard InChI is InChI=1S/C20H20F2N2O4/c1-9-15(8-25)28-19(18(27)17(9)26)10-3-2-4-11(5-10)20-23-14-7-12(21)6-13(22)16(14)24-20/h2-7,9,15,17-19,25-27H,8H2,1H3,(H,23,24). The van der Waals surface area contributed by atoms with Crippen molar-refractivity contribution in [3.05, 3.63) is 53.6 Å². The number of imidazole rings is 1. The minimum Gasteiger partial charge on any atom is -0.394 e. The molecule has 1 saturated heterocycles. The Morgan fingerprint density at radius 1 is 1.14 bits per heavy atom. The van der Waals surface area contributed by atoms with Crippen LogP contribution in [0.15, 0.2) is 36.4 Å². The van der Waals surface area contributed by atoms with Crippen molar-refractivity contribution >= 4 is 11.0 Å². The van der Waals surface area contributed by atoms with Gasteiger partial charge in [-0.2, -0.15) is 0 Å². The largest absolute Gasteiger partial charge is 0.394 e. The maximum absolute atomic E-state index is 13.9. The number of nitrogens with one attached hydrogen (secondary N) is 1. The van der Waals surface area contributed by atoms with Crippen LogP contribution in [0.25, 0.3) is 22.4 Å². The van der Waals surface area contributed by atoms with Gasteiger partial charge >= 0.3 is 0 Å². The number of halogens is 2. The number of nitrogens with zero attached hydrogens (tertiary/aromatic N) is 1. The zero-order valence-electron chi connectivity index (χ0n) is 15.0. The van der Waals surface area contributed by atoms with Crippen LogP contribution in [0.2, 0.25) is 0 Å². The van der Waals surface area contributed by atoms with Crippen LogP contribution in [-0.4, -0.2) is 50.2 Å². The van der Waals surface area contributed by atoms with Crippen LogP contribution < -0.4 is 0 Å². The van der Waals surface area contributed by atoms with E-state index in [9.17, 15) is 24.1 Å². The molecule has 6 nitrogen and oxygen atoms in total. The first-order valence-corrected chi connectivity index (χ1v) is 8.96. The normalized spacial score (nSPS) is 28.0. The molecule has 0 radical (unpaired) electrons. The van der Waals surface area contributed by atoms with E-state index in [1.54, 1.807) is 31.2 Å². The summed E-state index contributed by atoms with van der Waals surface area (Å²) in [7, 11) is 0. The molecule has 1 aliphatic rings. The fourth-order valence-electron chi connectivity index (χ4n) is 3.63. The van der Waals surface area contributed by atoms with Crippen LogP contribution in [0.4, 0.5) is 8.78 Å². The highest BCUT2D eigenvalue weighted by Crippen LogP contribution is 2.36. The molecule has 2 heterocycles. The van der Waals surface area contributed by atoms with Gasteiger partial charge in [0.1, 0.15) is 29.4 Å². The number of aromatic nitrogens is 2. The maximum atomic E-state index is 13.9. The second-order valence-corrected chi connectivity index (χ2v) is 7.11. The number of benzene rings is 2. The number of ether oxygens (including phenoxy) is 1. The molecule has 0 bridgehead atoms. The first-order valence-electron chi connectivity index (χ1n) is 8.96. The van der Waals surface area contributed by atoms with E-state index in [0.29, 0.717) is 17.0 Å². The lowest BCUT2D eigenvalue weighted by atomic mass is 9.85. The molecule has 5 unspecified atom stereocenters. The van der Waals surface area contributed by atoms with Crippen molar-refractivity contribution < 1.29 is 28.8 Å². The Hall–Kier alpha value is -2.39. The first-order chi connectivity index (χ1) is 13.4. The number of hydrogen-bond donors (Lipinski definition) is 4. The van der Waals surface area contributed by atoms with Crippen molar-refractivity contribution in [3.8, 4) is 11.4 Å². The molecule has 0 amide bonds. The van der Waals surface area contributed by atoms with Crippen LogP contribution in [0.3, 0.4) is 0 Å². The van der Waals surface area contributed by atoms with Gasteiger partial charge in [0.25, 0.3) is 0 Å². The zero-order valence-corrected chi connectivity index (χ0v) is 15.0. The number of fused-ring (bicyclic) bond motifs is 1. The fraction of sp³-hybridized carbons (Fsp3) is 0.350. The Morgan fingerprint density at radius 3 is 2.68 bits per heavy atom. The molecule has 28 heavy (non-hydrogen) atoms. The Labute approximate surface area is 159 Å². The molecule has 4 rings (SSSR count). The van der Waals surface area contributed by atoms with Crippen molar-refractivity contribution in [1.29, 1.82) is 0 Å². The monoisotopic (exact) mass is 390 g/mol. The van der Waals surface area contributed by atoms with Crippen LogP contribution >= 0.6 is 0 Å². The van der Waals surface area contributed by atoms with E-state index >= 15 is 0 Å². The molecule has 3 aromatic rings. The Morgan fingerprint density at radius 2 is 1.93 bits per heavy atom. The predicted octanol–water partition coefficient (Wildman–Crippen LogP) is 2.30. The maximum Gasteiger partial charge on any atom is 0.153 e. The molecular weight excluding hydrogens is 370 g/mol. The number of aromatic amines is 1. The average Bonchev–Trinajstić information content (AvgIpc) is 3.11. The summed E-state index contributed by atoms with van der Waals surface area (Å²) in [4.78, 5) is 7.08. The summed E-state index contributed by atoms with van der Waals surface area (Å²) < 4.78 is 33.2. The van der Waals surface area contributed by atoms with Crippen molar-refractivity contribution in [2.45, 2.75) is 31.3 Å². The Bertz CT molecular complexity index is 1010. The molecule has 1 aliphatic heterocycles. The van der Waals surface area contributed by atoms with Crippen molar-refractivity contribution in [1.82, 2.24) is 9.97 Å². The number of aliphatic hydroxyl groups is 3. The molecule has 4 N–H and O–H groups in total. The molecule has 1 aromatic heterocycles. The summed E-state index contributed by atoms with van der Waals surface area (Å²) in [6.45, 7) is 1.42. The first kappa shape index (κ1) is 18.9. The summed E-state index contributed by atoms with van der Waals surface area (Å²) in [5.41, 5.74) is 1.41. The Balaban J connectivity index is 1.71. The summed E-state index contributed by atoms with van der Waals surface area (Å²) in [5.74, 6) is -1.56. The SMILES string of the molecule is CC1C(CO)OC(c2cccc(-c3nc4c(F)cc(F)cc4[nH]3)c2)C(O)C1O. The number of rotatable bonds is 3. The van der Waals surface area contributed by atoms with Crippen LogP contribution in [0, 0.1) is 17.6 Å². The third-order valence-corrected chi connectivity index (χ3v) is 5.28. The fourth-order valence-corrected chi connectivity index (χ4v) is 3.63. The van der Waals surface area contributed by atoms with Gasteiger partial charge in [-0.1, -0.05) is 25.1 Å². The van der Waals surface area contributed by atoms with Gasteiger partial charge in [-0.05, 0) is 17.7 Å². The minimum atomic E-state index is -1.17. The van der Waals surface area contributed by atoms with E-state index in [4.69, 9.17) is 4.74 Å². The van der Waals surface area contributed by atoms with Crippen LogP contribution in [0.1, 0.15) is 18.6 Å². The highest BCUT2D eigenvalue weighted by molar-refractivity contribution is 5.80. The molecule has 2 aromatic carbocycles. The zero-order chi connectivity index (χ0) is 20.0. The topological polar surface area (TPSA) is 98.6 Å². The van der Waals surface area contributed by atoms with Gasteiger partial charge in [0, 0.05) is 17.5 Å². The Kier molecular flexibility index (Phi) is 4.88. The third kappa shape index (κ3) is 3.18. The van der Waals surface area contributed by atoms with Gasteiger partial charge < -0.3 is 25.0 Å². The minimum absolute atomic E-state index is 0.0281. The number of H-pyrrole nitrogens is 1. The van der Waals surface area contributed by atoms with E-state index < -0.39 is 42.0 Å². The van der Waals surface area contributed by atoms with E-state index in [1.807, 2.05) is 0 Å². The van der Waals surface area contributed by atoms with E-state index in [0.717, 1.165) is 12.1 Å². The highest BCUT2D eigenvalue weighted by Gasteiger charge is 2.42. The smallest absolute Gasteiger partial charge is 0.153 e. The summed E-state index contributed by atoms with van der Waals surface area (Å²) in [6.07, 6.45) is -3.68. The number of hydrogen-bond acceptors (Lipinski definition) is 5. The molecule has 5 atom stereocenters. The molecular formula is C20H20F2N2O4.